The molecule has 0 saturated carbocycles. The molecule has 0 aliphatic heterocycles. The molecule has 3 rings (SSSR count). The van der Waals surface area contributed by atoms with Gasteiger partial charge in [-0.2, -0.15) is 0 Å². The Morgan fingerprint density at radius 2 is 1.20 bits per heavy atom. The highest BCUT2D eigenvalue weighted by Gasteiger charge is 2.15. The number of para-hydroxylation sites is 1. The van der Waals surface area contributed by atoms with E-state index in [1.165, 1.54) is 0 Å². The summed E-state index contributed by atoms with van der Waals surface area (Å²) >= 11 is 3.58. The Bertz CT molecular complexity index is 862. The molecular weight excluding hydrogens is 378 g/mol. The van der Waals surface area contributed by atoms with Gasteiger partial charge in [-0.25, -0.2) is 4.79 Å². The molecule has 0 unspecified atom stereocenters. The van der Waals surface area contributed by atoms with Gasteiger partial charge >= 0.3 is 6.09 Å². The molecule has 3 nitrogen and oxygen atoms in total. The van der Waals surface area contributed by atoms with Crippen molar-refractivity contribution in [2.75, 3.05) is 5.32 Å². The first kappa shape index (κ1) is 17.0. The smallest absolute Gasteiger partial charge is 0.408 e. The second kappa shape index (κ2) is 8.31. The number of anilines is 1. The third kappa shape index (κ3) is 4.58. The van der Waals surface area contributed by atoms with Crippen molar-refractivity contribution < 1.29 is 9.53 Å². The largest absolute Gasteiger partial charge is 0.417 e. The minimum atomic E-state index is -0.544. The molecule has 0 fully saturated rings. The molecule has 0 heterocycles. The SMILES string of the molecule is O=C(Nc1ccccc1)O/C(=C(\Br)c1ccccc1)c1ccccc1. The summed E-state index contributed by atoms with van der Waals surface area (Å²) in [4.78, 5) is 12.3. The summed E-state index contributed by atoms with van der Waals surface area (Å²) < 4.78 is 6.35. The summed E-state index contributed by atoms with van der Waals surface area (Å²) in [7, 11) is 0. The summed E-state index contributed by atoms with van der Waals surface area (Å²) in [6.07, 6.45) is -0.544. The van der Waals surface area contributed by atoms with E-state index < -0.39 is 6.09 Å². The molecule has 3 aromatic rings. The number of benzene rings is 3. The van der Waals surface area contributed by atoms with Gasteiger partial charge in [-0.15, -0.1) is 0 Å². The first-order valence-corrected chi connectivity index (χ1v) is 8.58. The zero-order chi connectivity index (χ0) is 17.5. The maximum atomic E-state index is 12.3. The molecular formula is C21H16BrNO2. The fourth-order valence-corrected chi connectivity index (χ4v) is 2.87. The van der Waals surface area contributed by atoms with Gasteiger partial charge in [0, 0.05) is 11.3 Å². The van der Waals surface area contributed by atoms with Crippen LogP contribution in [-0.2, 0) is 4.74 Å². The van der Waals surface area contributed by atoms with Gasteiger partial charge in [0.05, 0.1) is 4.48 Å². The van der Waals surface area contributed by atoms with Gasteiger partial charge < -0.3 is 4.74 Å². The number of carbonyl (C=O) groups is 1. The number of hydrogen-bond acceptors (Lipinski definition) is 2. The van der Waals surface area contributed by atoms with Crippen molar-refractivity contribution in [3.05, 3.63) is 102 Å². The van der Waals surface area contributed by atoms with E-state index in [4.69, 9.17) is 4.74 Å². The fourth-order valence-electron chi connectivity index (χ4n) is 2.29. The molecule has 0 aliphatic rings. The van der Waals surface area contributed by atoms with Crippen molar-refractivity contribution in [1.29, 1.82) is 0 Å². The first-order chi connectivity index (χ1) is 12.2. The van der Waals surface area contributed by atoms with Crippen LogP contribution < -0.4 is 5.32 Å². The van der Waals surface area contributed by atoms with E-state index in [-0.39, 0.29) is 0 Å². The number of nitrogens with one attached hydrogen (secondary N) is 1. The Hall–Kier alpha value is -2.85. The molecule has 0 aromatic heterocycles. The predicted molar refractivity (Wildman–Crippen MR) is 105 cm³/mol. The van der Waals surface area contributed by atoms with Crippen LogP contribution in [-0.4, -0.2) is 6.09 Å². The van der Waals surface area contributed by atoms with E-state index in [1.807, 2.05) is 78.9 Å². The minimum absolute atomic E-state index is 0.459. The first-order valence-electron chi connectivity index (χ1n) is 7.78. The molecule has 124 valence electrons. The zero-order valence-electron chi connectivity index (χ0n) is 13.4. The minimum Gasteiger partial charge on any atom is -0.408 e. The van der Waals surface area contributed by atoms with E-state index in [0.717, 1.165) is 11.1 Å². The van der Waals surface area contributed by atoms with Crippen molar-refractivity contribution in [3.63, 3.8) is 0 Å². The topological polar surface area (TPSA) is 38.3 Å². The highest BCUT2D eigenvalue weighted by Crippen LogP contribution is 2.32. The lowest BCUT2D eigenvalue weighted by Crippen LogP contribution is -2.13. The third-order valence-corrected chi connectivity index (χ3v) is 4.30. The van der Waals surface area contributed by atoms with Crippen LogP contribution in [0.5, 0.6) is 0 Å². The molecule has 0 spiro atoms. The van der Waals surface area contributed by atoms with Crippen LogP contribution >= 0.6 is 15.9 Å². The van der Waals surface area contributed by atoms with Crippen LogP contribution in [0.3, 0.4) is 0 Å². The lowest BCUT2D eigenvalue weighted by molar-refractivity contribution is 0.207. The van der Waals surface area contributed by atoms with E-state index >= 15 is 0 Å². The van der Waals surface area contributed by atoms with E-state index in [1.54, 1.807) is 12.1 Å². The molecule has 0 atom stereocenters. The van der Waals surface area contributed by atoms with Crippen molar-refractivity contribution in [2.24, 2.45) is 0 Å². The summed E-state index contributed by atoms with van der Waals surface area (Å²) in [6, 6.07) is 28.4. The van der Waals surface area contributed by atoms with Gasteiger partial charge in [0.2, 0.25) is 0 Å². The van der Waals surface area contributed by atoms with Crippen LogP contribution in [0.1, 0.15) is 11.1 Å². The molecule has 0 radical (unpaired) electrons. The summed E-state index contributed by atoms with van der Waals surface area (Å²) in [6.45, 7) is 0. The Morgan fingerprint density at radius 3 is 1.76 bits per heavy atom. The predicted octanol–water partition coefficient (Wildman–Crippen LogP) is 6.16. The van der Waals surface area contributed by atoms with Gasteiger partial charge in [0.25, 0.3) is 0 Å². The average molecular weight is 394 g/mol. The van der Waals surface area contributed by atoms with Crippen LogP contribution in [0.2, 0.25) is 0 Å². The Kier molecular flexibility index (Phi) is 5.65. The van der Waals surface area contributed by atoms with Gasteiger partial charge in [-0.05, 0) is 33.6 Å². The molecule has 0 aliphatic carbocycles. The van der Waals surface area contributed by atoms with Crippen molar-refractivity contribution in [1.82, 2.24) is 0 Å². The number of carbonyl (C=O) groups excluding carboxylic acids is 1. The third-order valence-electron chi connectivity index (χ3n) is 3.48. The van der Waals surface area contributed by atoms with Crippen molar-refractivity contribution >= 4 is 38.0 Å². The van der Waals surface area contributed by atoms with Crippen LogP contribution in [0.25, 0.3) is 10.2 Å². The second-order valence-corrected chi connectivity index (χ2v) is 6.05. The number of ether oxygens (including phenoxy) is 1. The van der Waals surface area contributed by atoms with E-state index in [2.05, 4.69) is 21.2 Å². The molecule has 1 N–H and O–H groups in total. The molecule has 0 saturated heterocycles. The van der Waals surface area contributed by atoms with Gasteiger partial charge in [0.1, 0.15) is 0 Å². The zero-order valence-corrected chi connectivity index (χ0v) is 14.9. The molecule has 1 amide bonds. The van der Waals surface area contributed by atoms with Crippen molar-refractivity contribution in [2.45, 2.75) is 0 Å². The summed E-state index contributed by atoms with van der Waals surface area (Å²) in [5, 5.41) is 2.73. The number of halogens is 1. The highest BCUT2D eigenvalue weighted by atomic mass is 79.9. The Morgan fingerprint density at radius 1 is 0.720 bits per heavy atom. The quantitative estimate of drug-likeness (QED) is 0.425. The number of amides is 1. The lowest BCUT2D eigenvalue weighted by atomic mass is 10.1. The standard InChI is InChI=1S/C21H16BrNO2/c22-19(16-10-4-1-5-11-16)20(17-12-6-2-7-13-17)25-21(24)23-18-14-8-3-9-15-18/h1-15H,(H,23,24)/b20-19-. The summed E-state index contributed by atoms with van der Waals surface area (Å²) in [5.41, 5.74) is 2.41. The Balaban J connectivity index is 1.91. The van der Waals surface area contributed by atoms with E-state index in [9.17, 15) is 4.79 Å². The molecule has 4 heteroatoms. The van der Waals surface area contributed by atoms with Gasteiger partial charge in [-0.1, -0.05) is 78.9 Å². The number of hydrogen-bond donors (Lipinski definition) is 1. The normalized spacial score (nSPS) is 11.4. The average Bonchev–Trinajstić information content (AvgIpc) is 2.68. The lowest BCUT2D eigenvalue weighted by Gasteiger charge is -2.13. The molecule has 3 aromatic carbocycles. The van der Waals surface area contributed by atoms with E-state index in [0.29, 0.717) is 15.9 Å². The van der Waals surface area contributed by atoms with Crippen LogP contribution in [0.15, 0.2) is 91.0 Å². The van der Waals surface area contributed by atoms with Crippen LogP contribution in [0, 0.1) is 0 Å². The Labute approximate surface area is 155 Å². The fraction of sp³-hybridized carbons (Fsp3) is 0. The number of rotatable bonds is 4. The monoisotopic (exact) mass is 393 g/mol. The maximum absolute atomic E-state index is 12.3. The van der Waals surface area contributed by atoms with Gasteiger partial charge in [0.15, 0.2) is 5.76 Å². The van der Waals surface area contributed by atoms with Crippen LogP contribution in [0.4, 0.5) is 10.5 Å². The maximum Gasteiger partial charge on any atom is 0.417 e. The second-order valence-electron chi connectivity index (χ2n) is 5.26. The highest BCUT2D eigenvalue weighted by molar-refractivity contribution is 9.15. The summed E-state index contributed by atoms with van der Waals surface area (Å²) in [5.74, 6) is 0.459. The molecule has 25 heavy (non-hydrogen) atoms. The van der Waals surface area contributed by atoms with Gasteiger partial charge in [-0.3, -0.25) is 5.32 Å². The molecule has 0 bridgehead atoms. The van der Waals surface area contributed by atoms with Crippen molar-refractivity contribution in [3.8, 4) is 0 Å².